The van der Waals surface area contributed by atoms with Crippen LogP contribution in [0.5, 0.6) is 0 Å². The molecule has 108 valence electrons. The Bertz CT molecular complexity index is 335. The molecule has 1 aromatic carbocycles. The van der Waals surface area contributed by atoms with Crippen LogP contribution < -0.4 is 11.3 Å². The quantitative estimate of drug-likeness (QED) is 0.408. The molecule has 4 heteroatoms. The Morgan fingerprint density at radius 1 is 1.00 bits per heavy atom. The van der Waals surface area contributed by atoms with Crippen molar-refractivity contribution in [2.75, 3.05) is 13.2 Å². The van der Waals surface area contributed by atoms with E-state index >= 15 is 0 Å². The predicted molar refractivity (Wildman–Crippen MR) is 77.7 cm³/mol. The first-order chi connectivity index (χ1) is 9.24. The summed E-state index contributed by atoms with van der Waals surface area (Å²) in [5.41, 5.74) is 5.37. The molecule has 0 saturated heterocycles. The Kier molecular flexibility index (Phi) is 7.67. The van der Waals surface area contributed by atoms with Gasteiger partial charge in [-0.1, -0.05) is 31.2 Å². The van der Waals surface area contributed by atoms with Gasteiger partial charge in [-0.05, 0) is 37.8 Å². The molecule has 0 fully saturated rings. The van der Waals surface area contributed by atoms with Crippen LogP contribution in [0, 0.1) is 0 Å². The van der Waals surface area contributed by atoms with Gasteiger partial charge in [0.25, 0.3) is 0 Å². The number of hydrogen-bond acceptors (Lipinski definition) is 4. The van der Waals surface area contributed by atoms with E-state index in [4.69, 9.17) is 15.3 Å². The third-order valence-corrected chi connectivity index (χ3v) is 3.09. The van der Waals surface area contributed by atoms with Crippen LogP contribution in [-0.4, -0.2) is 25.5 Å². The number of nitrogens with two attached hydrogens (primary N) is 1. The minimum atomic E-state index is -0.314. The van der Waals surface area contributed by atoms with E-state index in [1.165, 1.54) is 11.1 Å². The van der Waals surface area contributed by atoms with Gasteiger partial charge >= 0.3 is 0 Å². The zero-order chi connectivity index (χ0) is 14.1. The maximum absolute atomic E-state index is 5.63. The minimum absolute atomic E-state index is 0.0487. The summed E-state index contributed by atoms with van der Waals surface area (Å²) in [7, 11) is 0. The molecule has 0 spiro atoms. The van der Waals surface area contributed by atoms with Crippen LogP contribution in [0.3, 0.4) is 0 Å². The average molecular weight is 266 g/mol. The molecule has 4 nitrogen and oxygen atoms in total. The van der Waals surface area contributed by atoms with Gasteiger partial charge in [-0.25, -0.2) is 0 Å². The van der Waals surface area contributed by atoms with Gasteiger partial charge in [0, 0.05) is 13.2 Å². The Balaban J connectivity index is 2.67. The lowest BCUT2D eigenvalue weighted by molar-refractivity contribution is -0.153. The van der Waals surface area contributed by atoms with Gasteiger partial charge in [0.2, 0.25) is 0 Å². The number of nitrogens with one attached hydrogen (secondary N) is 1. The lowest BCUT2D eigenvalue weighted by Gasteiger charge is -2.26. The van der Waals surface area contributed by atoms with Crippen LogP contribution >= 0.6 is 0 Å². The summed E-state index contributed by atoms with van der Waals surface area (Å²) < 4.78 is 11.2. The van der Waals surface area contributed by atoms with E-state index in [1.807, 2.05) is 13.8 Å². The number of hydrogen-bond donors (Lipinski definition) is 2. The predicted octanol–water partition coefficient (Wildman–Crippen LogP) is 2.02. The monoisotopic (exact) mass is 266 g/mol. The third kappa shape index (κ3) is 5.28. The van der Waals surface area contributed by atoms with Crippen LogP contribution in [-0.2, 0) is 22.3 Å². The van der Waals surface area contributed by atoms with E-state index in [0.717, 1.165) is 12.8 Å². The van der Waals surface area contributed by atoms with Crippen LogP contribution in [0.25, 0.3) is 0 Å². The molecule has 0 bridgehead atoms. The normalized spacial score (nSPS) is 12.9. The van der Waals surface area contributed by atoms with Crippen molar-refractivity contribution in [2.45, 2.75) is 45.9 Å². The Morgan fingerprint density at radius 2 is 1.53 bits per heavy atom. The molecule has 0 saturated carbocycles. The average Bonchev–Trinajstić information content (AvgIpc) is 2.45. The van der Waals surface area contributed by atoms with Crippen molar-refractivity contribution in [3.05, 3.63) is 35.4 Å². The number of benzene rings is 1. The highest BCUT2D eigenvalue weighted by Crippen LogP contribution is 2.11. The maximum atomic E-state index is 5.63. The number of rotatable bonds is 9. The van der Waals surface area contributed by atoms with Crippen LogP contribution in [0.2, 0.25) is 0 Å². The molecule has 1 aromatic rings. The van der Waals surface area contributed by atoms with Crippen molar-refractivity contribution in [3.63, 3.8) is 0 Å². The lowest BCUT2D eigenvalue weighted by Crippen LogP contribution is -2.48. The smallest absolute Gasteiger partial charge is 0.174 e. The number of aryl methyl sites for hydroxylation is 1. The second kappa shape index (κ2) is 9.04. The summed E-state index contributed by atoms with van der Waals surface area (Å²) in [6, 6.07) is 8.53. The first-order valence-corrected chi connectivity index (χ1v) is 7.02. The molecule has 0 radical (unpaired) electrons. The fourth-order valence-corrected chi connectivity index (χ4v) is 2.01. The molecule has 0 amide bonds. The SMILES string of the molecule is CCOC(OCC)C(Cc1ccc(CC)cc1)NN. The van der Waals surface area contributed by atoms with Gasteiger partial charge in [-0.3, -0.25) is 11.3 Å². The van der Waals surface area contributed by atoms with Crippen LogP contribution in [0.1, 0.15) is 31.9 Å². The van der Waals surface area contributed by atoms with E-state index in [-0.39, 0.29) is 12.3 Å². The minimum Gasteiger partial charge on any atom is -0.351 e. The highest BCUT2D eigenvalue weighted by Gasteiger charge is 2.21. The van der Waals surface area contributed by atoms with E-state index < -0.39 is 0 Å². The zero-order valence-corrected chi connectivity index (χ0v) is 12.2. The summed E-state index contributed by atoms with van der Waals surface area (Å²) in [4.78, 5) is 0. The van der Waals surface area contributed by atoms with Gasteiger partial charge < -0.3 is 9.47 Å². The van der Waals surface area contributed by atoms with Crippen LogP contribution in [0.15, 0.2) is 24.3 Å². The molecule has 0 aliphatic rings. The summed E-state index contributed by atoms with van der Waals surface area (Å²) in [6.45, 7) is 7.28. The maximum Gasteiger partial charge on any atom is 0.174 e. The van der Waals surface area contributed by atoms with Gasteiger partial charge in [-0.2, -0.15) is 0 Å². The van der Waals surface area contributed by atoms with Crippen LogP contribution in [0.4, 0.5) is 0 Å². The van der Waals surface area contributed by atoms with E-state index in [9.17, 15) is 0 Å². The number of hydrazine groups is 1. The first kappa shape index (κ1) is 16.1. The van der Waals surface area contributed by atoms with Crippen molar-refractivity contribution < 1.29 is 9.47 Å². The molecule has 1 unspecified atom stereocenters. The fourth-order valence-electron chi connectivity index (χ4n) is 2.01. The molecule has 1 atom stereocenters. The van der Waals surface area contributed by atoms with Crippen molar-refractivity contribution >= 4 is 0 Å². The second-order valence-electron chi connectivity index (χ2n) is 4.43. The molecule has 3 N–H and O–H groups in total. The third-order valence-electron chi connectivity index (χ3n) is 3.09. The van der Waals surface area contributed by atoms with E-state index in [2.05, 4.69) is 36.6 Å². The molecule has 0 aromatic heterocycles. The molecule has 0 aliphatic heterocycles. The summed E-state index contributed by atoms with van der Waals surface area (Å²) in [6.07, 6.45) is 1.52. The fraction of sp³-hybridized carbons (Fsp3) is 0.600. The molecular weight excluding hydrogens is 240 g/mol. The Hall–Kier alpha value is -0.940. The first-order valence-electron chi connectivity index (χ1n) is 7.02. The molecule has 1 rings (SSSR count). The second-order valence-corrected chi connectivity index (χ2v) is 4.43. The number of ether oxygens (including phenoxy) is 2. The highest BCUT2D eigenvalue weighted by atomic mass is 16.7. The largest absolute Gasteiger partial charge is 0.351 e. The molecule has 0 aliphatic carbocycles. The molecule has 19 heavy (non-hydrogen) atoms. The highest BCUT2D eigenvalue weighted by molar-refractivity contribution is 5.23. The summed E-state index contributed by atoms with van der Waals surface area (Å²) in [5, 5.41) is 0. The molecule has 0 heterocycles. The Morgan fingerprint density at radius 3 is 1.95 bits per heavy atom. The zero-order valence-electron chi connectivity index (χ0n) is 12.2. The van der Waals surface area contributed by atoms with Crippen molar-refractivity contribution in [1.82, 2.24) is 5.43 Å². The summed E-state index contributed by atoms with van der Waals surface area (Å²) in [5.74, 6) is 5.63. The topological polar surface area (TPSA) is 56.5 Å². The van der Waals surface area contributed by atoms with Crippen molar-refractivity contribution in [2.24, 2.45) is 5.84 Å². The van der Waals surface area contributed by atoms with Gasteiger partial charge in [-0.15, -0.1) is 0 Å². The van der Waals surface area contributed by atoms with Gasteiger partial charge in [0.15, 0.2) is 6.29 Å². The van der Waals surface area contributed by atoms with Crippen molar-refractivity contribution in [1.29, 1.82) is 0 Å². The molecular formula is C15H26N2O2. The van der Waals surface area contributed by atoms with E-state index in [1.54, 1.807) is 0 Å². The lowest BCUT2D eigenvalue weighted by atomic mass is 10.0. The van der Waals surface area contributed by atoms with Crippen molar-refractivity contribution in [3.8, 4) is 0 Å². The Labute approximate surface area is 116 Å². The van der Waals surface area contributed by atoms with Gasteiger partial charge in [0.1, 0.15) is 0 Å². The summed E-state index contributed by atoms with van der Waals surface area (Å²) >= 11 is 0. The standard InChI is InChI=1S/C15H26N2O2/c1-4-12-7-9-13(10-8-12)11-14(17-16)15(18-5-2)19-6-3/h7-10,14-15,17H,4-6,11,16H2,1-3H3. The van der Waals surface area contributed by atoms with E-state index in [0.29, 0.717) is 13.2 Å². The van der Waals surface area contributed by atoms with Gasteiger partial charge in [0.05, 0.1) is 6.04 Å².